The molecule has 0 saturated heterocycles. The lowest BCUT2D eigenvalue weighted by atomic mass is 10.0. The average molecular weight is 1030 g/mol. The number of unbranched alkanes of at least 4 members (excludes halogenated alkanes) is 23. The molecule has 0 spiro atoms. The highest BCUT2D eigenvalue weighted by molar-refractivity contribution is 5.78. The van der Waals surface area contributed by atoms with Gasteiger partial charge in [0.2, 0.25) is 11.8 Å². The van der Waals surface area contributed by atoms with Crippen molar-refractivity contribution in [2.24, 2.45) is 5.92 Å². The molecule has 0 aliphatic heterocycles. The number of hydrogen-bond acceptors (Lipinski definition) is 7. The van der Waals surface area contributed by atoms with Crippen molar-refractivity contribution in [1.82, 2.24) is 10.6 Å². The lowest BCUT2D eigenvalue weighted by molar-refractivity contribution is -0.151. The first-order valence-electron chi connectivity index (χ1n) is 31.4. The van der Waals surface area contributed by atoms with Crippen molar-refractivity contribution in [3.63, 3.8) is 0 Å². The zero-order chi connectivity index (χ0) is 54.6. The molecule has 1 unspecified atom stereocenters. The fourth-order valence-electron chi connectivity index (χ4n) is 8.10. The molecular formula is C63H128N2O7. The van der Waals surface area contributed by atoms with Crippen LogP contribution in [-0.4, -0.2) is 60.3 Å². The first-order chi connectivity index (χ1) is 34.9. The number of ether oxygens (including phenoxy) is 2. The highest BCUT2D eigenvalue weighted by atomic mass is 16.5. The van der Waals surface area contributed by atoms with Crippen molar-refractivity contribution in [3.8, 4) is 0 Å². The normalized spacial score (nSPS) is 11.3. The van der Waals surface area contributed by atoms with Gasteiger partial charge in [0.05, 0.1) is 0 Å². The standard InChI is InChI=1S/C48H92N2O6.C7H16.C4H10O.C4H10/c1-6-11-15-19-23-27-33-43(34-28-24-20-16-12-7-2)55-47(53)39-31-37-45(51)49-41-42(10-5)50-46(52)38-32-40-48(54)56-44(35-29-25-21-17-13-8-3)36-30-26-22-18-14-9-4;1-4-5-6-7(2)3;1-2-3-4-5;1-3-4-2/h42-44H,6-41H2,1-5H3,(H,49,51)(H,50,52);7H,4-6H2,1-3H3;5H,2-4H2,1H3;3-4H2,1-2H3. The molecular weight excluding hydrogens is 897 g/mol. The van der Waals surface area contributed by atoms with E-state index in [9.17, 15) is 19.2 Å². The van der Waals surface area contributed by atoms with Gasteiger partial charge < -0.3 is 25.2 Å². The van der Waals surface area contributed by atoms with Crippen LogP contribution in [0.5, 0.6) is 0 Å². The van der Waals surface area contributed by atoms with Gasteiger partial charge in [0.15, 0.2) is 0 Å². The van der Waals surface area contributed by atoms with Crippen LogP contribution < -0.4 is 10.6 Å². The van der Waals surface area contributed by atoms with Crippen LogP contribution in [0.25, 0.3) is 0 Å². The van der Waals surface area contributed by atoms with Gasteiger partial charge in [-0.15, -0.1) is 0 Å². The predicted molar refractivity (Wildman–Crippen MR) is 312 cm³/mol. The summed E-state index contributed by atoms with van der Waals surface area (Å²) in [5, 5.41) is 14.0. The van der Waals surface area contributed by atoms with Gasteiger partial charge in [0.1, 0.15) is 12.2 Å². The largest absolute Gasteiger partial charge is 0.462 e. The third-order valence-corrected chi connectivity index (χ3v) is 13.2. The Kier molecular flexibility index (Phi) is 68.9. The molecule has 9 heteroatoms. The van der Waals surface area contributed by atoms with Crippen LogP contribution in [0.4, 0.5) is 0 Å². The zero-order valence-electron chi connectivity index (χ0n) is 50.3. The number of esters is 2. The van der Waals surface area contributed by atoms with Gasteiger partial charge in [-0.05, 0) is 83.0 Å². The number of carbonyl (C=O) groups is 4. The number of amides is 2. The second-order valence-corrected chi connectivity index (χ2v) is 21.2. The number of carbonyl (C=O) groups excluding carboxylic acids is 4. The molecule has 0 rings (SSSR count). The maximum Gasteiger partial charge on any atom is 0.306 e. The van der Waals surface area contributed by atoms with E-state index in [1.807, 2.05) is 6.92 Å². The number of nitrogens with one attached hydrogen (secondary N) is 2. The van der Waals surface area contributed by atoms with Crippen molar-refractivity contribution in [3.05, 3.63) is 0 Å². The summed E-state index contributed by atoms with van der Waals surface area (Å²) in [6.07, 6.45) is 44.5. The molecule has 0 fully saturated rings. The Labute approximate surface area is 449 Å². The Morgan fingerprint density at radius 1 is 0.375 bits per heavy atom. The topological polar surface area (TPSA) is 131 Å². The van der Waals surface area contributed by atoms with Gasteiger partial charge in [-0.2, -0.15) is 0 Å². The van der Waals surface area contributed by atoms with E-state index >= 15 is 0 Å². The van der Waals surface area contributed by atoms with Crippen molar-refractivity contribution < 1.29 is 33.8 Å². The van der Waals surface area contributed by atoms with E-state index < -0.39 is 0 Å². The fourth-order valence-corrected chi connectivity index (χ4v) is 8.10. The minimum absolute atomic E-state index is 0.0185. The number of aliphatic hydroxyl groups excluding tert-OH is 1. The highest BCUT2D eigenvalue weighted by Gasteiger charge is 2.18. The predicted octanol–water partition coefficient (Wildman–Crippen LogP) is 18.6. The second kappa shape index (κ2) is 65.0. The second-order valence-electron chi connectivity index (χ2n) is 21.2. The van der Waals surface area contributed by atoms with Crippen LogP contribution >= 0.6 is 0 Å². The first-order valence-corrected chi connectivity index (χ1v) is 31.4. The molecule has 0 aromatic rings. The number of aliphatic hydroxyl groups is 1. The average Bonchev–Trinajstić information content (AvgIpc) is 3.36. The quantitative estimate of drug-likeness (QED) is 0.0409. The Balaban J connectivity index is -0.00000124. The van der Waals surface area contributed by atoms with Gasteiger partial charge in [-0.25, -0.2) is 0 Å². The van der Waals surface area contributed by atoms with E-state index in [4.69, 9.17) is 14.6 Å². The molecule has 72 heavy (non-hydrogen) atoms. The summed E-state index contributed by atoms with van der Waals surface area (Å²) < 4.78 is 11.9. The molecule has 0 aromatic heterocycles. The summed E-state index contributed by atoms with van der Waals surface area (Å²) in [5.74, 6) is 0.261. The molecule has 3 N–H and O–H groups in total. The maximum absolute atomic E-state index is 12.8. The maximum atomic E-state index is 12.8. The van der Waals surface area contributed by atoms with Crippen LogP contribution in [0.15, 0.2) is 0 Å². The lowest BCUT2D eigenvalue weighted by Gasteiger charge is -2.19. The fraction of sp³-hybridized carbons (Fsp3) is 0.937. The van der Waals surface area contributed by atoms with E-state index in [1.165, 1.54) is 161 Å². The van der Waals surface area contributed by atoms with E-state index in [2.05, 4.69) is 79.9 Å². The number of rotatable bonds is 48. The van der Waals surface area contributed by atoms with Crippen molar-refractivity contribution >= 4 is 23.8 Å². The Morgan fingerprint density at radius 2 is 0.708 bits per heavy atom. The van der Waals surface area contributed by atoms with Crippen molar-refractivity contribution in [2.75, 3.05) is 13.2 Å². The van der Waals surface area contributed by atoms with Gasteiger partial charge in [-0.3, -0.25) is 19.2 Å². The molecule has 432 valence electrons. The molecule has 1 atom stereocenters. The molecule has 0 aromatic carbocycles. The monoisotopic (exact) mass is 1020 g/mol. The lowest BCUT2D eigenvalue weighted by Crippen LogP contribution is -2.43. The Morgan fingerprint density at radius 3 is 0.986 bits per heavy atom. The molecule has 0 radical (unpaired) electrons. The summed E-state index contributed by atoms with van der Waals surface area (Å²) in [4.78, 5) is 50.8. The summed E-state index contributed by atoms with van der Waals surface area (Å²) in [7, 11) is 0. The summed E-state index contributed by atoms with van der Waals surface area (Å²) in [5.41, 5.74) is 0. The van der Waals surface area contributed by atoms with Gasteiger partial charge in [0, 0.05) is 44.9 Å². The van der Waals surface area contributed by atoms with Crippen molar-refractivity contribution in [2.45, 2.75) is 364 Å². The SMILES string of the molecule is CCCC.CCCCC(C)C.CCCCCCCCC(CCCCCCCC)OC(=O)CCCC(=O)NCC(CC)NC(=O)CCCC(=O)OC(CCCCCCCC)CCCCCCCC.CCCCO. The zero-order valence-corrected chi connectivity index (χ0v) is 50.3. The molecule has 0 aliphatic rings. The van der Waals surface area contributed by atoms with E-state index in [0.717, 1.165) is 70.1 Å². The van der Waals surface area contributed by atoms with Crippen molar-refractivity contribution in [1.29, 1.82) is 0 Å². The summed E-state index contributed by atoms with van der Waals surface area (Å²) >= 11 is 0. The smallest absolute Gasteiger partial charge is 0.306 e. The van der Waals surface area contributed by atoms with Crippen LogP contribution in [-0.2, 0) is 28.7 Å². The number of hydrogen-bond donors (Lipinski definition) is 3. The molecule has 9 nitrogen and oxygen atoms in total. The third-order valence-electron chi connectivity index (χ3n) is 13.2. The van der Waals surface area contributed by atoms with Crippen LogP contribution in [0.3, 0.4) is 0 Å². The van der Waals surface area contributed by atoms with E-state index in [1.54, 1.807) is 0 Å². The van der Waals surface area contributed by atoms with Crippen LogP contribution in [0.1, 0.15) is 346 Å². The van der Waals surface area contributed by atoms with Gasteiger partial charge in [0.25, 0.3) is 0 Å². The van der Waals surface area contributed by atoms with Gasteiger partial charge >= 0.3 is 11.9 Å². The van der Waals surface area contributed by atoms with Crippen LogP contribution in [0.2, 0.25) is 0 Å². The summed E-state index contributed by atoms with van der Waals surface area (Å²) in [6.45, 7) is 24.8. The Hall–Kier alpha value is -2.16. The van der Waals surface area contributed by atoms with E-state index in [0.29, 0.717) is 32.4 Å². The summed E-state index contributed by atoms with van der Waals surface area (Å²) in [6, 6.07) is -0.188. The molecule has 0 aliphatic carbocycles. The molecule has 2 amide bonds. The molecule has 0 saturated carbocycles. The molecule has 0 bridgehead atoms. The third kappa shape index (κ3) is 65.9. The minimum Gasteiger partial charge on any atom is -0.462 e. The highest BCUT2D eigenvalue weighted by Crippen LogP contribution is 2.20. The van der Waals surface area contributed by atoms with E-state index in [-0.39, 0.29) is 67.7 Å². The van der Waals surface area contributed by atoms with Gasteiger partial charge in [-0.1, -0.05) is 243 Å². The van der Waals surface area contributed by atoms with Crippen LogP contribution in [0, 0.1) is 5.92 Å². The molecule has 0 heterocycles. The first kappa shape index (κ1) is 76.3. The Bertz CT molecular complexity index is 1070. The minimum atomic E-state index is -0.200.